The minimum atomic E-state index is -1.19. The number of aliphatic hydroxyl groups excluding tert-OH is 1. The fourth-order valence-corrected chi connectivity index (χ4v) is 1.83. The number of aryl methyl sites for hydroxylation is 1. The van der Waals surface area contributed by atoms with Crippen molar-refractivity contribution in [2.75, 3.05) is 14.2 Å². The summed E-state index contributed by atoms with van der Waals surface area (Å²) >= 11 is 0. The SMILES string of the molecule is COc1cc(F)c(C(O)c2ccc(C)o2)cc1OC. The van der Waals surface area contributed by atoms with Gasteiger partial charge in [-0.3, -0.25) is 0 Å². The fraction of sp³-hybridized carbons (Fsp3) is 0.286. The number of aliphatic hydroxyl groups is 1. The molecule has 0 amide bonds. The van der Waals surface area contributed by atoms with Gasteiger partial charge in [0.1, 0.15) is 23.4 Å². The second-order valence-corrected chi connectivity index (χ2v) is 4.08. The third-order valence-corrected chi connectivity index (χ3v) is 2.83. The molecule has 1 unspecified atom stereocenters. The summed E-state index contributed by atoms with van der Waals surface area (Å²) < 4.78 is 29.3. The van der Waals surface area contributed by atoms with Gasteiger partial charge in [-0.05, 0) is 25.1 Å². The topological polar surface area (TPSA) is 51.8 Å². The predicted octanol–water partition coefficient (Wildman–Crippen LogP) is 2.83. The van der Waals surface area contributed by atoms with Gasteiger partial charge in [0.15, 0.2) is 11.5 Å². The molecule has 0 spiro atoms. The molecular formula is C14H15FO4. The van der Waals surface area contributed by atoms with Crippen molar-refractivity contribution in [3.8, 4) is 11.5 Å². The molecule has 2 rings (SSSR count). The fourth-order valence-electron chi connectivity index (χ4n) is 1.83. The third kappa shape index (κ3) is 2.56. The van der Waals surface area contributed by atoms with Gasteiger partial charge in [0.05, 0.1) is 14.2 Å². The largest absolute Gasteiger partial charge is 0.493 e. The van der Waals surface area contributed by atoms with E-state index in [-0.39, 0.29) is 17.1 Å². The number of ether oxygens (including phenoxy) is 2. The van der Waals surface area contributed by atoms with Crippen LogP contribution in [-0.4, -0.2) is 19.3 Å². The van der Waals surface area contributed by atoms with Gasteiger partial charge >= 0.3 is 0 Å². The first-order chi connectivity index (χ1) is 9.06. The van der Waals surface area contributed by atoms with Crippen molar-refractivity contribution in [2.24, 2.45) is 0 Å². The Morgan fingerprint density at radius 2 is 1.79 bits per heavy atom. The highest BCUT2D eigenvalue weighted by Crippen LogP contribution is 2.34. The van der Waals surface area contributed by atoms with E-state index in [0.717, 1.165) is 0 Å². The molecular weight excluding hydrogens is 251 g/mol. The average Bonchev–Trinajstić information content (AvgIpc) is 2.84. The van der Waals surface area contributed by atoms with Crippen molar-refractivity contribution < 1.29 is 23.4 Å². The van der Waals surface area contributed by atoms with Crippen molar-refractivity contribution >= 4 is 0 Å². The van der Waals surface area contributed by atoms with Crippen molar-refractivity contribution in [3.63, 3.8) is 0 Å². The number of rotatable bonds is 4. The monoisotopic (exact) mass is 266 g/mol. The van der Waals surface area contributed by atoms with Crippen LogP contribution in [0.2, 0.25) is 0 Å². The maximum Gasteiger partial charge on any atom is 0.163 e. The molecule has 1 aromatic heterocycles. The molecule has 2 aromatic rings. The molecule has 1 heterocycles. The summed E-state index contributed by atoms with van der Waals surface area (Å²) in [6, 6.07) is 5.89. The Labute approximate surface area is 110 Å². The van der Waals surface area contributed by atoms with Gasteiger partial charge in [-0.1, -0.05) is 0 Å². The van der Waals surface area contributed by atoms with E-state index in [1.807, 2.05) is 0 Å². The van der Waals surface area contributed by atoms with Gasteiger partial charge < -0.3 is 19.0 Å². The Bertz CT molecular complexity index is 577. The van der Waals surface area contributed by atoms with Crippen LogP contribution >= 0.6 is 0 Å². The molecule has 0 aliphatic carbocycles. The van der Waals surface area contributed by atoms with Gasteiger partial charge in [-0.15, -0.1) is 0 Å². The van der Waals surface area contributed by atoms with E-state index in [0.29, 0.717) is 11.5 Å². The second kappa shape index (κ2) is 5.32. The smallest absolute Gasteiger partial charge is 0.163 e. The zero-order valence-electron chi connectivity index (χ0n) is 10.9. The highest BCUT2D eigenvalue weighted by atomic mass is 19.1. The minimum absolute atomic E-state index is 0.0759. The van der Waals surface area contributed by atoms with E-state index in [2.05, 4.69) is 0 Å². The number of hydrogen-bond donors (Lipinski definition) is 1. The van der Waals surface area contributed by atoms with Crippen molar-refractivity contribution in [1.82, 2.24) is 0 Å². The van der Waals surface area contributed by atoms with Crippen LogP contribution in [0.1, 0.15) is 23.2 Å². The maximum atomic E-state index is 14.0. The lowest BCUT2D eigenvalue weighted by molar-refractivity contribution is 0.182. The first-order valence-electron chi connectivity index (χ1n) is 5.72. The van der Waals surface area contributed by atoms with Gasteiger partial charge in [0.2, 0.25) is 0 Å². The summed E-state index contributed by atoms with van der Waals surface area (Å²) in [5.74, 6) is 0.963. The lowest BCUT2D eigenvalue weighted by Gasteiger charge is -2.14. The van der Waals surface area contributed by atoms with Crippen LogP contribution in [0.4, 0.5) is 4.39 Å². The lowest BCUT2D eigenvalue weighted by atomic mass is 10.1. The van der Waals surface area contributed by atoms with Crippen LogP contribution in [-0.2, 0) is 0 Å². The maximum absolute atomic E-state index is 14.0. The molecule has 5 heteroatoms. The van der Waals surface area contributed by atoms with E-state index in [1.54, 1.807) is 19.1 Å². The Morgan fingerprint density at radius 3 is 2.32 bits per heavy atom. The second-order valence-electron chi connectivity index (χ2n) is 4.08. The summed E-state index contributed by atoms with van der Waals surface area (Å²) in [7, 11) is 2.87. The molecule has 0 saturated heterocycles. The average molecular weight is 266 g/mol. The summed E-state index contributed by atoms with van der Waals surface area (Å²) in [6.45, 7) is 1.75. The highest BCUT2D eigenvalue weighted by molar-refractivity contribution is 5.45. The van der Waals surface area contributed by atoms with Crippen LogP contribution in [0.25, 0.3) is 0 Å². The van der Waals surface area contributed by atoms with E-state index >= 15 is 0 Å². The van der Waals surface area contributed by atoms with E-state index in [4.69, 9.17) is 13.9 Å². The number of methoxy groups -OCH3 is 2. The Hall–Kier alpha value is -2.01. The molecule has 0 aliphatic heterocycles. The van der Waals surface area contributed by atoms with Crippen LogP contribution in [0.3, 0.4) is 0 Å². The van der Waals surface area contributed by atoms with Crippen LogP contribution in [0.15, 0.2) is 28.7 Å². The van der Waals surface area contributed by atoms with Gasteiger partial charge in [-0.2, -0.15) is 0 Å². The summed E-state index contributed by atoms with van der Waals surface area (Å²) in [5.41, 5.74) is 0.0759. The van der Waals surface area contributed by atoms with Crippen molar-refractivity contribution in [3.05, 3.63) is 47.2 Å². The van der Waals surface area contributed by atoms with Gasteiger partial charge in [0.25, 0.3) is 0 Å². The minimum Gasteiger partial charge on any atom is -0.493 e. The molecule has 19 heavy (non-hydrogen) atoms. The Balaban J connectivity index is 2.44. The zero-order valence-corrected chi connectivity index (χ0v) is 10.9. The molecule has 1 N–H and O–H groups in total. The lowest BCUT2D eigenvalue weighted by Crippen LogP contribution is -2.03. The molecule has 0 fully saturated rings. The van der Waals surface area contributed by atoms with Gasteiger partial charge in [0, 0.05) is 11.6 Å². The van der Waals surface area contributed by atoms with Crippen LogP contribution in [0.5, 0.6) is 11.5 Å². The summed E-state index contributed by atoms with van der Waals surface area (Å²) in [4.78, 5) is 0. The molecule has 0 bridgehead atoms. The van der Waals surface area contributed by atoms with Crippen LogP contribution < -0.4 is 9.47 Å². The first-order valence-corrected chi connectivity index (χ1v) is 5.72. The Morgan fingerprint density at radius 1 is 1.16 bits per heavy atom. The standard InChI is InChI=1S/C14H15FO4/c1-8-4-5-11(19-8)14(16)9-6-12(17-2)13(18-3)7-10(9)15/h4-7,14,16H,1-3H3. The van der Waals surface area contributed by atoms with E-state index in [9.17, 15) is 9.50 Å². The predicted molar refractivity (Wildman–Crippen MR) is 67.0 cm³/mol. The van der Waals surface area contributed by atoms with E-state index < -0.39 is 11.9 Å². The highest BCUT2D eigenvalue weighted by Gasteiger charge is 2.21. The number of benzene rings is 1. The molecule has 0 aliphatic rings. The summed E-state index contributed by atoms with van der Waals surface area (Å²) in [5, 5.41) is 10.1. The number of hydrogen-bond acceptors (Lipinski definition) is 4. The van der Waals surface area contributed by atoms with E-state index in [1.165, 1.54) is 26.4 Å². The number of halogens is 1. The molecule has 4 nitrogen and oxygen atoms in total. The Kier molecular flexibility index (Phi) is 3.76. The quantitative estimate of drug-likeness (QED) is 0.924. The third-order valence-electron chi connectivity index (χ3n) is 2.83. The zero-order chi connectivity index (χ0) is 14.0. The summed E-state index contributed by atoms with van der Waals surface area (Å²) in [6.07, 6.45) is -1.19. The number of furan rings is 1. The van der Waals surface area contributed by atoms with Gasteiger partial charge in [-0.25, -0.2) is 4.39 Å². The molecule has 0 saturated carbocycles. The first kappa shape index (κ1) is 13.4. The van der Waals surface area contributed by atoms with Crippen molar-refractivity contribution in [2.45, 2.75) is 13.0 Å². The molecule has 1 atom stereocenters. The molecule has 0 radical (unpaired) electrons. The molecule has 1 aromatic carbocycles. The normalized spacial score (nSPS) is 12.3. The van der Waals surface area contributed by atoms with Crippen molar-refractivity contribution in [1.29, 1.82) is 0 Å². The van der Waals surface area contributed by atoms with Crippen LogP contribution in [0, 0.1) is 12.7 Å². The molecule has 102 valence electrons.